The molecule has 1 aliphatic rings. The number of methoxy groups -OCH3 is 1. The Labute approximate surface area is 239 Å². The van der Waals surface area contributed by atoms with Crippen molar-refractivity contribution >= 4 is 22.8 Å². The van der Waals surface area contributed by atoms with Crippen LogP contribution in [-0.4, -0.2) is 62.6 Å². The summed E-state index contributed by atoms with van der Waals surface area (Å²) in [5.41, 5.74) is 10.7. The van der Waals surface area contributed by atoms with Gasteiger partial charge in [-0.25, -0.2) is 4.68 Å². The molecule has 3 aromatic carbocycles. The zero-order valence-electron chi connectivity index (χ0n) is 23.3. The second kappa shape index (κ2) is 12.5. The molecule has 41 heavy (non-hydrogen) atoms. The molecule has 214 valence electrons. The van der Waals surface area contributed by atoms with Crippen molar-refractivity contribution in [1.82, 2.24) is 25.2 Å². The van der Waals surface area contributed by atoms with E-state index in [1.807, 2.05) is 67.7 Å². The van der Waals surface area contributed by atoms with Crippen molar-refractivity contribution in [1.29, 1.82) is 0 Å². The Morgan fingerprint density at radius 1 is 1.10 bits per heavy atom. The summed E-state index contributed by atoms with van der Waals surface area (Å²) in [5, 5.41) is 21.9. The molecule has 1 aliphatic heterocycles. The molecule has 0 radical (unpaired) electrons. The summed E-state index contributed by atoms with van der Waals surface area (Å²) >= 11 is 0. The molecule has 1 aromatic heterocycles. The van der Waals surface area contributed by atoms with Gasteiger partial charge < -0.3 is 25.8 Å². The molecular formula is C31H36N6O4. The zero-order valence-corrected chi connectivity index (χ0v) is 23.3. The van der Waals surface area contributed by atoms with Crippen LogP contribution in [0.2, 0.25) is 0 Å². The molecule has 4 atom stereocenters. The highest BCUT2D eigenvalue weighted by molar-refractivity contribution is 5.90. The first kappa shape index (κ1) is 28.3. The van der Waals surface area contributed by atoms with Gasteiger partial charge >= 0.3 is 0 Å². The van der Waals surface area contributed by atoms with Crippen molar-refractivity contribution in [2.45, 2.75) is 44.0 Å². The Bertz CT molecular complexity index is 1490. The second-order valence-electron chi connectivity index (χ2n) is 10.7. The number of aryl methyl sites for hydroxylation is 1. The van der Waals surface area contributed by atoms with Gasteiger partial charge in [0.15, 0.2) is 0 Å². The highest BCUT2D eigenvalue weighted by Gasteiger charge is 2.41. The van der Waals surface area contributed by atoms with Gasteiger partial charge in [0.2, 0.25) is 11.8 Å². The molecule has 0 saturated carbocycles. The summed E-state index contributed by atoms with van der Waals surface area (Å²) in [6.45, 7) is 0.704. The maximum atomic E-state index is 13.6. The fourth-order valence-electron chi connectivity index (χ4n) is 5.53. The molecule has 4 N–H and O–H groups in total. The van der Waals surface area contributed by atoms with Gasteiger partial charge in [0.1, 0.15) is 17.3 Å². The number of ether oxygens (including phenoxy) is 1. The number of benzene rings is 3. The predicted octanol–water partition coefficient (Wildman–Crippen LogP) is 2.50. The van der Waals surface area contributed by atoms with E-state index in [0.29, 0.717) is 31.5 Å². The van der Waals surface area contributed by atoms with Crippen LogP contribution in [0.25, 0.3) is 11.0 Å². The molecule has 0 spiro atoms. The molecule has 2 heterocycles. The lowest BCUT2D eigenvalue weighted by atomic mass is 9.96. The highest BCUT2D eigenvalue weighted by Crippen LogP contribution is 2.29. The number of aliphatic hydroxyl groups excluding tert-OH is 1. The quantitative estimate of drug-likeness (QED) is 0.273. The molecule has 10 nitrogen and oxygen atoms in total. The Morgan fingerprint density at radius 2 is 1.83 bits per heavy atom. The van der Waals surface area contributed by atoms with Crippen molar-refractivity contribution in [2.75, 3.05) is 13.7 Å². The first-order chi connectivity index (χ1) is 19.8. The van der Waals surface area contributed by atoms with Gasteiger partial charge in [-0.05, 0) is 59.7 Å². The van der Waals surface area contributed by atoms with Crippen LogP contribution in [0, 0.1) is 5.92 Å². The summed E-state index contributed by atoms with van der Waals surface area (Å²) in [5.74, 6) is 0.283. The number of carbonyl (C=O) groups excluding carboxylic acids is 2. The van der Waals surface area contributed by atoms with Crippen molar-refractivity contribution in [3.8, 4) is 5.75 Å². The number of hydrogen-bond donors (Lipinski definition) is 3. The molecule has 2 amide bonds. The number of amides is 2. The number of nitrogens with zero attached hydrogens (tertiary/aromatic N) is 4. The van der Waals surface area contributed by atoms with E-state index in [1.165, 1.54) is 0 Å². The monoisotopic (exact) mass is 556 g/mol. The normalized spacial score (nSPS) is 18.3. The predicted molar refractivity (Wildman–Crippen MR) is 155 cm³/mol. The molecule has 1 saturated heterocycles. The van der Waals surface area contributed by atoms with Gasteiger partial charge in [-0.15, -0.1) is 5.10 Å². The zero-order chi connectivity index (χ0) is 28.9. The standard InChI is InChI=1S/C31H36N6O4/c1-36-27-13-10-21(15-26(27)34-35-36)18-33-30(39)28-16-22(14-20-8-11-24(41-2)12-9-20)19-37(28)31(40)25(32)17-29(38)23-6-4-3-5-7-23/h3-13,15,22,25,28-29,38H,14,16-19,32H2,1-2H3,(H,33,39). The number of aromatic nitrogens is 3. The van der Waals surface area contributed by atoms with Crippen LogP contribution in [0.3, 0.4) is 0 Å². The van der Waals surface area contributed by atoms with Gasteiger partial charge in [-0.3, -0.25) is 9.59 Å². The smallest absolute Gasteiger partial charge is 0.243 e. The number of nitrogens with two attached hydrogens (primary N) is 1. The molecule has 4 unspecified atom stereocenters. The SMILES string of the molecule is COc1ccc(CC2CC(C(=O)NCc3ccc4c(c3)nnn4C)N(C(=O)C(N)CC(O)c3ccccc3)C2)cc1. The molecule has 10 heteroatoms. The van der Waals surface area contributed by atoms with Crippen LogP contribution in [0.4, 0.5) is 0 Å². The van der Waals surface area contributed by atoms with Crippen LogP contribution < -0.4 is 15.8 Å². The van der Waals surface area contributed by atoms with Gasteiger partial charge in [0.05, 0.1) is 24.8 Å². The summed E-state index contributed by atoms with van der Waals surface area (Å²) in [6.07, 6.45) is 0.412. The van der Waals surface area contributed by atoms with Crippen LogP contribution in [0.15, 0.2) is 72.8 Å². The van der Waals surface area contributed by atoms with Crippen LogP contribution in [0.5, 0.6) is 5.75 Å². The average Bonchev–Trinajstić information content (AvgIpc) is 3.59. The molecular weight excluding hydrogens is 520 g/mol. The minimum absolute atomic E-state index is 0.0644. The topological polar surface area (TPSA) is 136 Å². The fourth-order valence-corrected chi connectivity index (χ4v) is 5.53. The van der Waals surface area contributed by atoms with Gasteiger partial charge in [0, 0.05) is 26.6 Å². The van der Waals surface area contributed by atoms with E-state index in [9.17, 15) is 14.7 Å². The Balaban J connectivity index is 1.29. The third-order valence-corrected chi connectivity index (χ3v) is 7.78. The van der Waals surface area contributed by atoms with Crippen LogP contribution in [-0.2, 0) is 29.6 Å². The lowest BCUT2D eigenvalue weighted by Crippen LogP contribution is -2.51. The van der Waals surface area contributed by atoms with Crippen molar-refractivity contribution in [3.05, 3.63) is 89.5 Å². The first-order valence-electron chi connectivity index (χ1n) is 13.8. The number of aliphatic hydroxyl groups is 1. The summed E-state index contributed by atoms with van der Waals surface area (Å²) in [4.78, 5) is 28.7. The second-order valence-corrected chi connectivity index (χ2v) is 10.7. The molecule has 0 aliphatic carbocycles. The Morgan fingerprint density at radius 3 is 2.56 bits per heavy atom. The van der Waals surface area contributed by atoms with E-state index < -0.39 is 18.2 Å². The lowest BCUT2D eigenvalue weighted by molar-refractivity contribution is -0.140. The molecule has 0 bridgehead atoms. The summed E-state index contributed by atoms with van der Waals surface area (Å²) in [6, 6.07) is 21.1. The van der Waals surface area contributed by atoms with Crippen LogP contribution >= 0.6 is 0 Å². The first-order valence-corrected chi connectivity index (χ1v) is 13.8. The van der Waals surface area contributed by atoms with Gasteiger partial charge in [-0.2, -0.15) is 0 Å². The number of rotatable bonds is 10. The Kier molecular flexibility index (Phi) is 8.61. The number of fused-ring (bicyclic) bond motifs is 1. The number of hydrogen-bond acceptors (Lipinski definition) is 7. The third kappa shape index (κ3) is 6.55. The maximum absolute atomic E-state index is 13.6. The fraction of sp³-hybridized carbons (Fsp3) is 0.355. The largest absolute Gasteiger partial charge is 0.497 e. The Hall–Kier alpha value is -4.28. The van der Waals surface area contributed by atoms with Gasteiger partial charge in [0.25, 0.3) is 0 Å². The molecule has 5 rings (SSSR count). The molecule has 4 aromatic rings. The van der Waals surface area contributed by atoms with Crippen molar-refractivity contribution in [2.24, 2.45) is 18.7 Å². The summed E-state index contributed by atoms with van der Waals surface area (Å²) < 4.78 is 6.96. The lowest BCUT2D eigenvalue weighted by Gasteiger charge is -2.27. The van der Waals surface area contributed by atoms with E-state index in [2.05, 4.69) is 15.6 Å². The van der Waals surface area contributed by atoms with E-state index >= 15 is 0 Å². The van der Waals surface area contributed by atoms with Crippen molar-refractivity contribution in [3.63, 3.8) is 0 Å². The van der Waals surface area contributed by atoms with E-state index in [1.54, 1.807) is 28.8 Å². The number of nitrogens with one attached hydrogen (secondary N) is 1. The maximum Gasteiger partial charge on any atom is 0.243 e. The van der Waals surface area contributed by atoms with E-state index in [4.69, 9.17) is 10.5 Å². The van der Waals surface area contributed by atoms with E-state index in [0.717, 1.165) is 27.9 Å². The minimum Gasteiger partial charge on any atom is -0.497 e. The number of carbonyl (C=O) groups is 2. The summed E-state index contributed by atoms with van der Waals surface area (Å²) in [7, 11) is 3.45. The van der Waals surface area contributed by atoms with Gasteiger partial charge in [-0.1, -0.05) is 53.7 Å². The van der Waals surface area contributed by atoms with E-state index in [-0.39, 0.29) is 24.2 Å². The van der Waals surface area contributed by atoms with Crippen molar-refractivity contribution < 1.29 is 19.4 Å². The average molecular weight is 557 g/mol. The minimum atomic E-state index is -0.945. The molecule has 1 fully saturated rings. The highest BCUT2D eigenvalue weighted by atomic mass is 16.5. The third-order valence-electron chi connectivity index (χ3n) is 7.78. The number of likely N-dealkylation sites (tertiary alicyclic amines) is 1. The van der Waals surface area contributed by atoms with Crippen LogP contribution in [0.1, 0.15) is 35.6 Å².